The first-order valence-corrected chi connectivity index (χ1v) is 5.39. The molecule has 4 nitrogen and oxygen atoms in total. The van der Waals surface area contributed by atoms with E-state index in [1.807, 2.05) is 19.1 Å². The molecule has 0 unspecified atom stereocenters. The van der Waals surface area contributed by atoms with E-state index in [0.29, 0.717) is 5.82 Å². The molecule has 0 bridgehead atoms. The average molecular weight is 217 g/mol. The van der Waals surface area contributed by atoms with E-state index in [0.717, 1.165) is 35.7 Å². The molecule has 0 radical (unpaired) electrons. The Labute approximate surface area is 94.5 Å². The van der Waals surface area contributed by atoms with Gasteiger partial charge in [-0.2, -0.15) is 0 Å². The molecule has 0 amide bonds. The summed E-state index contributed by atoms with van der Waals surface area (Å²) in [7, 11) is 0. The number of aromatic nitrogens is 2. The maximum atomic E-state index is 5.87. The number of furan rings is 1. The Balaban J connectivity index is 2.51. The van der Waals surface area contributed by atoms with Gasteiger partial charge in [-0.1, -0.05) is 6.92 Å². The first kappa shape index (κ1) is 10.7. The third-order valence-corrected chi connectivity index (χ3v) is 2.46. The minimum absolute atomic E-state index is 0.532. The van der Waals surface area contributed by atoms with Crippen LogP contribution in [0.5, 0.6) is 0 Å². The van der Waals surface area contributed by atoms with E-state index >= 15 is 0 Å². The molecule has 0 fully saturated rings. The predicted molar refractivity (Wildman–Crippen MR) is 62.9 cm³/mol. The van der Waals surface area contributed by atoms with Gasteiger partial charge in [-0.3, -0.25) is 0 Å². The fourth-order valence-corrected chi connectivity index (χ4v) is 1.57. The second-order valence-corrected chi connectivity index (χ2v) is 3.73. The van der Waals surface area contributed by atoms with Crippen molar-refractivity contribution in [1.29, 1.82) is 0 Å². The summed E-state index contributed by atoms with van der Waals surface area (Å²) >= 11 is 0. The molecule has 0 aromatic carbocycles. The molecule has 2 aromatic heterocycles. The number of nitrogens with two attached hydrogens (primary N) is 1. The zero-order valence-electron chi connectivity index (χ0n) is 9.53. The van der Waals surface area contributed by atoms with Gasteiger partial charge < -0.3 is 10.2 Å². The van der Waals surface area contributed by atoms with Crippen molar-refractivity contribution in [3.05, 3.63) is 29.8 Å². The number of nitrogens with zero attached hydrogens (tertiary/aromatic N) is 2. The summed E-state index contributed by atoms with van der Waals surface area (Å²) < 4.78 is 5.34. The lowest BCUT2D eigenvalue weighted by Crippen LogP contribution is -2.04. The summed E-state index contributed by atoms with van der Waals surface area (Å²) in [6.45, 7) is 3.99. The van der Waals surface area contributed by atoms with Crippen LogP contribution in [0.1, 0.15) is 24.7 Å². The summed E-state index contributed by atoms with van der Waals surface area (Å²) in [6.07, 6.45) is 3.46. The van der Waals surface area contributed by atoms with Crippen LogP contribution in [-0.4, -0.2) is 9.97 Å². The smallest absolute Gasteiger partial charge is 0.152 e. The Hall–Kier alpha value is -1.84. The molecule has 2 heterocycles. The van der Waals surface area contributed by atoms with Crippen molar-refractivity contribution in [1.82, 2.24) is 9.97 Å². The van der Waals surface area contributed by atoms with Crippen molar-refractivity contribution in [2.45, 2.75) is 26.7 Å². The lowest BCUT2D eigenvalue weighted by Gasteiger charge is -2.07. The van der Waals surface area contributed by atoms with Crippen LogP contribution in [0.4, 0.5) is 5.82 Å². The summed E-state index contributed by atoms with van der Waals surface area (Å²) in [5.74, 6) is 2.05. The van der Waals surface area contributed by atoms with Crippen LogP contribution in [0.3, 0.4) is 0 Å². The summed E-state index contributed by atoms with van der Waals surface area (Å²) in [4.78, 5) is 8.74. The van der Waals surface area contributed by atoms with Crippen molar-refractivity contribution >= 4 is 5.82 Å². The Kier molecular flexibility index (Phi) is 2.90. The molecule has 0 spiro atoms. The summed E-state index contributed by atoms with van der Waals surface area (Å²) in [5.41, 5.74) is 7.53. The molecule has 0 aliphatic heterocycles. The van der Waals surface area contributed by atoms with E-state index < -0.39 is 0 Å². The quantitative estimate of drug-likeness (QED) is 0.858. The molecule has 2 N–H and O–H groups in total. The van der Waals surface area contributed by atoms with Gasteiger partial charge in [0.1, 0.15) is 17.3 Å². The first-order valence-electron chi connectivity index (χ1n) is 5.39. The molecule has 0 saturated carbocycles. The molecule has 84 valence electrons. The SMILES string of the molecule is CCCc1nc(N)c(C)c(-c2ccco2)n1. The van der Waals surface area contributed by atoms with Gasteiger partial charge in [-0.25, -0.2) is 9.97 Å². The third kappa shape index (κ3) is 1.91. The monoisotopic (exact) mass is 217 g/mol. The molecule has 2 rings (SSSR count). The maximum Gasteiger partial charge on any atom is 0.152 e. The molecule has 2 aromatic rings. The summed E-state index contributed by atoms with van der Waals surface area (Å²) in [6, 6.07) is 3.72. The third-order valence-electron chi connectivity index (χ3n) is 2.46. The number of rotatable bonds is 3. The normalized spacial score (nSPS) is 10.6. The molecule has 0 atom stereocenters. The van der Waals surface area contributed by atoms with E-state index in [1.165, 1.54) is 0 Å². The minimum Gasteiger partial charge on any atom is -0.463 e. The largest absolute Gasteiger partial charge is 0.463 e. The Morgan fingerprint density at radius 1 is 1.38 bits per heavy atom. The van der Waals surface area contributed by atoms with Gasteiger partial charge in [0, 0.05) is 12.0 Å². The van der Waals surface area contributed by atoms with Crippen LogP contribution in [0, 0.1) is 6.92 Å². The van der Waals surface area contributed by atoms with Crippen molar-refractivity contribution in [3.8, 4) is 11.5 Å². The number of hydrogen-bond acceptors (Lipinski definition) is 4. The molecule has 0 saturated heterocycles. The van der Waals surface area contributed by atoms with Crippen LogP contribution in [0.25, 0.3) is 11.5 Å². The highest BCUT2D eigenvalue weighted by molar-refractivity contribution is 5.62. The van der Waals surface area contributed by atoms with E-state index in [-0.39, 0.29) is 0 Å². The zero-order chi connectivity index (χ0) is 11.5. The molecular formula is C12H15N3O. The average Bonchev–Trinajstić information content (AvgIpc) is 2.76. The lowest BCUT2D eigenvalue weighted by atomic mass is 10.2. The number of nitrogen functional groups attached to an aromatic ring is 1. The number of aryl methyl sites for hydroxylation is 1. The van der Waals surface area contributed by atoms with E-state index in [9.17, 15) is 0 Å². The standard InChI is InChI=1S/C12H15N3O/c1-3-5-10-14-11(8(2)12(13)15-10)9-6-4-7-16-9/h4,6-7H,3,5H2,1-2H3,(H2,13,14,15). The molecule has 0 aliphatic carbocycles. The van der Waals surface area contributed by atoms with Crippen LogP contribution in [-0.2, 0) is 6.42 Å². The van der Waals surface area contributed by atoms with Crippen molar-refractivity contribution in [2.24, 2.45) is 0 Å². The van der Waals surface area contributed by atoms with Crippen molar-refractivity contribution in [2.75, 3.05) is 5.73 Å². The van der Waals surface area contributed by atoms with E-state index in [4.69, 9.17) is 10.2 Å². The topological polar surface area (TPSA) is 64.9 Å². The first-order chi connectivity index (χ1) is 7.72. The van der Waals surface area contributed by atoms with Gasteiger partial charge in [0.2, 0.25) is 0 Å². The van der Waals surface area contributed by atoms with E-state index in [2.05, 4.69) is 16.9 Å². The van der Waals surface area contributed by atoms with Gasteiger partial charge in [0.15, 0.2) is 5.76 Å². The minimum atomic E-state index is 0.532. The van der Waals surface area contributed by atoms with Gasteiger partial charge in [0.25, 0.3) is 0 Å². The highest BCUT2D eigenvalue weighted by Crippen LogP contribution is 2.24. The van der Waals surface area contributed by atoms with Gasteiger partial charge in [-0.15, -0.1) is 0 Å². The molecular weight excluding hydrogens is 202 g/mol. The second-order valence-electron chi connectivity index (χ2n) is 3.73. The van der Waals surface area contributed by atoms with Crippen molar-refractivity contribution in [3.63, 3.8) is 0 Å². The summed E-state index contributed by atoms with van der Waals surface area (Å²) in [5, 5.41) is 0. The Bertz CT molecular complexity index is 477. The Morgan fingerprint density at radius 2 is 2.19 bits per heavy atom. The van der Waals surface area contributed by atoms with E-state index in [1.54, 1.807) is 6.26 Å². The van der Waals surface area contributed by atoms with Gasteiger partial charge >= 0.3 is 0 Å². The lowest BCUT2D eigenvalue weighted by molar-refractivity contribution is 0.578. The van der Waals surface area contributed by atoms with Crippen LogP contribution in [0.2, 0.25) is 0 Å². The predicted octanol–water partition coefficient (Wildman–Crippen LogP) is 2.58. The van der Waals surface area contributed by atoms with Gasteiger partial charge in [-0.05, 0) is 25.5 Å². The fraction of sp³-hybridized carbons (Fsp3) is 0.333. The van der Waals surface area contributed by atoms with Gasteiger partial charge in [0.05, 0.1) is 6.26 Å². The molecule has 0 aliphatic rings. The Morgan fingerprint density at radius 3 is 2.81 bits per heavy atom. The zero-order valence-corrected chi connectivity index (χ0v) is 9.53. The van der Waals surface area contributed by atoms with Crippen LogP contribution >= 0.6 is 0 Å². The number of hydrogen-bond donors (Lipinski definition) is 1. The molecule has 4 heteroatoms. The highest BCUT2D eigenvalue weighted by atomic mass is 16.3. The van der Waals surface area contributed by atoms with Crippen LogP contribution in [0.15, 0.2) is 22.8 Å². The highest BCUT2D eigenvalue weighted by Gasteiger charge is 2.12. The maximum absolute atomic E-state index is 5.87. The van der Waals surface area contributed by atoms with Crippen LogP contribution < -0.4 is 5.73 Å². The fourth-order valence-electron chi connectivity index (χ4n) is 1.57. The number of anilines is 1. The van der Waals surface area contributed by atoms with Crippen molar-refractivity contribution < 1.29 is 4.42 Å². The molecule has 16 heavy (non-hydrogen) atoms. The second kappa shape index (κ2) is 4.35.